The highest BCUT2D eigenvalue weighted by atomic mass is 79.9. The third kappa shape index (κ3) is 1.69. The Morgan fingerprint density at radius 1 is 1.46 bits per heavy atom. The van der Waals surface area contributed by atoms with Crippen LogP contribution in [0.3, 0.4) is 0 Å². The predicted octanol–water partition coefficient (Wildman–Crippen LogP) is 4.85. The second-order valence-electron chi connectivity index (χ2n) is 2.67. The van der Waals surface area contributed by atoms with Gasteiger partial charge in [-0.1, -0.05) is 15.9 Å². The first kappa shape index (κ1) is 10.0. The van der Waals surface area contributed by atoms with E-state index in [0.717, 1.165) is 14.7 Å². The number of fused-ring (bicyclic) bond motifs is 1. The van der Waals surface area contributed by atoms with Crippen LogP contribution < -0.4 is 0 Å². The van der Waals surface area contributed by atoms with Crippen LogP contribution in [-0.4, -0.2) is 0 Å². The van der Waals surface area contributed by atoms with Crippen LogP contribution in [0.2, 0.25) is 0 Å². The molecule has 0 aliphatic carbocycles. The van der Waals surface area contributed by atoms with E-state index in [2.05, 4.69) is 62.0 Å². The highest BCUT2D eigenvalue weighted by Crippen LogP contribution is 2.36. The molecule has 0 unspecified atom stereocenters. The summed E-state index contributed by atoms with van der Waals surface area (Å²) in [6.45, 7) is 0. The van der Waals surface area contributed by atoms with E-state index in [9.17, 15) is 0 Å². The molecule has 13 heavy (non-hydrogen) atoms. The van der Waals surface area contributed by atoms with Crippen LogP contribution in [0.25, 0.3) is 10.1 Å². The molecule has 0 aliphatic heterocycles. The van der Waals surface area contributed by atoms with E-state index in [1.54, 1.807) is 11.3 Å². The van der Waals surface area contributed by atoms with E-state index in [1.165, 1.54) is 15.6 Å². The molecule has 0 spiro atoms. The Balaban J connectivity index is 2.83. The Morgan fingerprint density at radius 3 is 2.92 bits per heavy atom. The van der Waals surface area contributed by atoms with E-state index < -0.39 is 0 Å². The fourth-order valence-electron chi connectivity index (χ4n) is 1.22. The second-order valence-corrected chi connectivity index (χ2v) is 5.39. The lowest BCUT2D eigenvalue weighted by Crippen LogP contribution is -1.82. The van der Waals surface area contributed by atoms with Gasteiger partial charge in [0.25, 0.3) is 0 Å². The molecule has 1 aromatic heterocycles. The fourth-order valence-corrected chi connectivity index (χ4v) is 3.79. The zero-order chi connectivity index (χ0) is 9.42. The molecule has 1 aromatic carbocycles. The average molecular weight is 338 g/mol. The van der Waals surface area contributed by atoms with E-state index in [-0.39, 0.29) is 0 Å². The minimum absolute atomic E-state index is 0.843. The summed E-state index contributed by atoms with van der Waals surface area (Å²) in [5.74, 6) is 0. The van der Waals surface area contributed by atoms with Crippen molar-refractivity contribution in [1.82, 2.24) is 0 Å². The van der Waals surface area contributed by atoms with Crippen molar-refractivity contribution in [2.75, 3.05) is 0 Å². The van der Waals surface area contributed by atoms with Gasteiger partial charge in [-0.2, -0.15) is 0 Å². The van der Waals surface area contributed by atoms with E-state index in [0.29, 0.717) is 0 Å². The van der Waals surface area contributed by atoms with Gasteiger partial charge in [-0.05, 0) is 44.4 Å². The number of halogens is 2. The first-order valence-electron chi connectivity index (χ1n) is 3.67. The van der Waals surface area contributed by atoms with Gasteiger partial charge >= 0.3 is 0 Å². The number of alkyl halides is 1. The van der Waals surface area contributed by atoms with Gasteiger partial charge in [0.05, 0.1) is 0 Å². The topological polar surface area (TPSA) is 0 Å². The van der Waals surface area contributed by atoms with Crippen LogP contribution in [-0.2, 0) is 5.33 Å². The number of hydrogen-bond acceptors (Lipinski definition) is 2. The first-order chi connectivity index (χ1) is 6.24. The number of benzene rings is 1. The van der Waals surface area contributed by atoms with Crippen molar-refractivity contribution in [3.05, 3.63) is 27.5 Å². The summed E-state index contributed by atoms with van der Waals surface area (Å²) >= 11 is 13.2. The third-order valence-electron chi connectivity index (χ3n) is 1.88. The van der Waals surface area contributed by atoms with Crippen LogP contribution in [0.5, 0.6) is 0 Å². The molecule has 0 bridgehead atoms. The molecule has 0 radical (unpaired) electrons. The first-order valence-corrected chi connectivity index (χ1v) is 6.91. The Kier molecular flexibility index (Phi) is 3.03. The van der Waals surface area contributed by atoms with Gasteiger partial charge < -0.3 is 0 Å². The molecule has 0 fully saturated rings. The lowest BCUT2D eigenvalue weighted by Gasteiger charge is -2.04. The second kappa shape index (κ2) is 3.93. The molecule has 2 aromatic rings. The Labute approximate surface area is 103 Å². The molecule has 0 saturated heterocycles. The lowest BCUT2D eigenvalue weighted by atomic mass is 10.2. The predicted molar refractivity (Wildman–Crippen MR) is 69.4 cm³/mol. The molecule has 68 valence electrons. The van der Waals surface area contributed by atoms with Crippen molar-refractivity contribution in [1.29, 1.82) is 0 Å². The van der Waals surface area contributed by atoms with Gasteiger partial charge in [0.15, 0.2) is 0 Å². The summed E-state index contributed by atoms with van der Waals surface area (Å²) in [5.41, 5.74) is 1.22. The normalized spacial score (nSPS) is 11.0. The lowest BCUT2D eigenvalue weighted by molar-refractivity contribution is 1.30. The highest BCUT2D eigenvalue weighted by molar-refractivity contribution is 9.10. The average Bonchev–Trinajstić information content (AvgIpc) is 2.59. The van der Waals surface area contributed by atoms with Crippen molar-refractivity contribution in [2.45, 2.75) is 10.2 Å². The van der Waals surface area contributed by atoms with Crippen LogP contribution in [0.4, 0.5) is 0 Å². The van der Waals surface area contributed by atoms with Crippen LogP contribution in [0.1, 0.15) is 5.56 Å². The van der Waals surface area contributed by atoms with Crippen LogP contribution in [0, 0.1) is 0 Å². The van der Waals surface area contributed by atoms with Gasteiger partial charge in [-0.25, -0.2) is 0 Å². The molecular formula is C9H6Br2S2. The molecule has 0 aliphatic rings. The molecule has 0 atom stereocenters. The van der Waals surface area contributed by atoms with Crippen molar-refractivity contribution < 1.29 is 0 Å². The quantitative estimate of drug-likeness (QED) is 0.558. The molecule has 4 heteroatoms. The van der Waals surface area contributed by atoms with Gasteiger partial charge in [0.2, 0.25) is 0 Å². The third-order valence-corrected chi connectivity index (χ3v) is 5.31. The summed E-state index contributed by atoms with van der Waals surface area (Å²) in [4.78, 5) is 1.03. The number of hydrogen-bond donors (Lipinski definition) is 1. The van der Waals surface area contributed by atoms with Gasteiger partial charge in [-0.3, -0.25) is 0 Å². The van der Waals surface area contributed by atoms with Crippen LogP contribution in [0.15, 0.2) is 26.9 Å². The number of thiophene rings is 1. The maximum atomic E-state index is 4.47. The monoisotopic (exact) mass is 336 g/mol. The molecule has 2 rings (SSSR count). The molecule has 1 heterocycles. The van der Waals surface area contributed by atoms with E-state index in [4.69, 9.17) is 0 Å². The zero-order valence-electron chi connectivity index (χ0n) is 6.55. The Morgan fingerprint density at radius 2 is 2.23 bits per heavy atom. The summed E-state index contributed by atoms with van der Waals surface area (Å²) in [7, 11) is 0. The zero-order valence-corrected chi connectivity index (χ0v) is 11.4. The SMILES string of the molecule is Sc1c(CBr)cc2ccsc2c1Br. The molecule has 0 N–H and O–H groups in total. The van der Waals surface area contributed by atoms with Crippen molar-refractivity contribution in [3.63, 3.8) is 0 Å². The molecular weight excluding hydrogens is 332 g/mol. The van der Waals surface area contributed by atoms with Gasteiger partial charge in [0, 0.05) is 19.4 Å². The molecule has 0 amide bonds. The Bertz CT molecular complexity index is 448. The largest absolute Gasteiger partial charge is 0.143 e. The minimum Gasteiger partial charge on any atom is -0.143 e. The van der Waals surface area contributed by atoms with E-state index >= 15 is 0 Å². The van der Waals surface area contributed by atoms with Crippen molar-refractivity contribution in [3.8, 4) is 0 Å². The van der Waals surface area contributed by atoms with Gasteiger partial charge in [0.1, 0.15) is 0 Å². The van der Waals surface area contributed by atoms with E-state index in [1.807, 2.05) is 0 Å². The van der Waals surface area contributed by atoms with Crippen molar-refractivity contribution in [2.24, 2.45) is 0 Å². The summed E-state index contributed by atoms with van der Waals surface area (Å²) in [6, 6.07) is 4.30. The molecule has 0 nitrogen and oxygen atoms in total. The number of thiol groups is 1. The minimum atomic E-state index is 0.843. The maximum Gasteiger partial charge on any atom is 0.0496 e. The Hall–Kier alpha value is 0.490. The highest BCUT2D eigenvalue weighted by Gasteiger charge is 2.08. The summed E-state index contributed by atoms with van der Waals surface area (Å²) in [5, 5.41) is 4.22. The standard InChI is InChI=1S/C9H6Br2S2/c10-4-6-3-5-1-2-13-9(5)7(11)8(6)12/h1-3,12H,4H2. The molecule has 0 saturated carbocycles. The maximum absolute atomic E-state index is 4.47. The fraction of sp³-hybridized carbons (Fsp3) is 0.111. The summed E-state index contributed by atoms with van der Waals surface area (Å²) < 4.78 is 2.38. The van der Waals surface area contributed by atoms with Crippen LogP contribution >= 0.6 is 55.8 Å². The van der Waals surface area contributed by atoms with Gasteiger partial charge in [-0.15, -0.1) is 24.0 Å². The summed E-state index contributed by atoms with van der Waals surface area (Å²) in [6.07, 6.45) is 0. The van der Waals surface area contributed by atoms with Crippen molar-refractivity contribution >= 4 is 65.9 Å². The smallest absolute Gasteiger partial charge is 0.0496 e. The number of rotatable bonds is 1.